The molecule has 2 heterocycles. The van der Waals surface area contributed by atoms with Crippen LogP contribution in [0.15, 0.2) is 12.2 Å². The Bertz CT molecular complexity index is 724. The van der Waals surface area contributed by atoms with E-state index in [-0.39, 0.29) is 25.6 Å². The quantitative estimate of drug-likeness (QED) is 0.146. The van der Waals surface area contributed by atoms with Crippen molar-refractivity contribution in [1.29, 1.82) is 0 Å². The van der Waals surface area contributed by atoms with Gasteiger partial charge >= 0.3 is 12.7 Å². The maximum Gasteiger partial charge on any atom is 0.324 e. The second-order valence-corrected chi connectivity index (χ2v) is 9.86. The molecule has 2 rings (SSSR count). The van der Waals surface area contributed by atoms with Gasteiger partial charge in [0, 0.05) is 57.9 Å². The van der Waals surface area contributed by atoms with Crippen LogP contribution in [0.4, 0.5) is 4.79 Å². The van der Waals surface area contributed by atoms with E-state index in [0.29, 0.717) is 19.4 Å². The number of hydrogen-bond donors (Lipinski definition) is 3. The third-order valence-corrected chi connectivity index (χ3v) is 6.56. The molecule has 14 heteroatoms. The van der Waals surface area contributed by atoms with Crippen molar-refractivity contribution in [3.63, 3.8) is 0 Å². The summed E-state index contributed by atoms with van der Waals surface area (Å²) < 4.78 is 21.3. The minimum atomic E-state index is -3.43. The number of rotatable bonds is 12. The molecule has 172 valence electrons. The van der Waals surface area contributed by atoms with E-state index in [1.165, 1.54) is 26.4 Å². The number of urea groups is 1. The van der Waals surface area contributed by atoms with Crippen molar-refractivity contribution in [3.8, 4) is 0 Å². The lowest BCUT2D eigenvalue weighted by molar-refractivity contribution is -0.136. The summed E-state index contributed by atoms with van der Waals surface area (Å²) >= 11 is 4.94. The highest BCUT2D eigenvalue weighted by atomic mass is 32.5. The van der Waals surface area contributed by atoms with Crippen molar-refractivity contribution in [2.75, 3.05) is 40.5 Å². The predicted molar refractivity (Wildman–Crippen MR) is 115 cm³/mol. The van der Waals surface area contributed by atoms with Crippen LogP contribution in [0, 0.1) is 5.92 Å². The Morgan fingerprint density at radius 3 is 2.55 bits per heavy atom. The predicted octanol–water partition coefficient (Wildman–Crippen LogP) is -0.605. The first-order chi connectivity index (χ1) is 14.7. The van der Waals surface area contributed by atoms with Gasteiger partial charge in [-0.05, 0) is 24.6 Å². The zero-order valence-electron chi connectivity index (χ0n) is 17.4. The molecule has 1 fully saturated rings. The minimum absolute atomic E-state index is 0.0961. The van der Waals surface area contributed by atoms with E-state index >= 15 is 0 Å². The molecule has 0 aromatic heterocycles. The van der Waals surface area contributed by atoms with E-state index in [4.69, 9.17) is 38.2 Å². The Hall–Kier alpha value is -1.34. The van der Waals surface area contributed by atoms with Gasteiger partial charge in [-0.15, -0.1) is 0 Å². The molecule has 0 bridgehead atoms. The number of amides is 4. The average molecular weight is 475 g/mol. The van der Waals surface area contributed by atoms with Crippen LogP contribution in [0.5, 0.6) is 0 Å². The molecule has 0 aromatic carbocycles. The number of nitrogens with one attached hydrogen (secondary N) is 2. The monoisotopic (exact) mass is 475 g/mol. The van der Waals surface area contributed by atoms with Gasteiger partial charge in [-0.25, -0.2) is 4.79 Å². The number of nitrogens with zero attached hydrogens (tertiary/aromatic N) is 1. The summed E-state index contributed by atoms with van der Waals surface area (Å²) in [7, 11) is 8.86. The van der Waals surface area contributed by atoms with Crippen LogP contribution in [-0.4, -0.2) is 94.2 Å². The molecule has 0 spiro atoms. The van der Waals surface area contributed by atoms with Crippen molar-refractivity contribution in [3.05, 3.63) is 12.2 Å². The molecule has 0 saturated carbocycles. The van der Waals surface area contributed by atoms with Crippen molar-refractivity contribution in [2.24, 2.45) is 5.92 Å². The highest BCUT2D eigenvalue weighted by Crippen LogP contribution is 2.48. The molecule has 2 aliphatic heterocycles. The van der Waals surface area contributed by atoms with Gasteiger partial charge in [0.1, 0.15) is 20.1 Å². The van der Waals surface area contributed by atoms with Crippen LogP contribution < -0.4 is 10.6 Å². The summed E-state index contributed by atoms with van der Waals surface area (Å²) in [5, 5.41) is 5.28. The third-order valence-electron chi connectivity index (χ3n) is 4.88. The molecule has 4 amide bonds. The summed E-state index contributed by atoms with van der Waals surface area (Å²) in [6.45, 7) is -2.63. The summed E-state index contributed by atoms with van der Waals surface area (Å²) in [6, 6.07) is -1.07. The first-order valence-electron chi connectivity index (χ1n) is 9.70. The van der Waals surface area contributed by atoms with E-state index in [2.05, 4.69) is 10.6 Å². The van der Waals surface area contributed by atoms with Gasteiger partial charge in [-0.1, -0.05) is 0 Å². The van der Waals surface area contributed by atoms with Gasteiger partial charge in [0.05, 0.1) is 6.61 Å². The second-order valence-electron chi connectivity index (χ2n) is 6.97. The fourth-order valence-corrected chi connectivity index (χ4v) is 4.33. The topological polar surface area (TPSA) is 136 Å². The minimum Gasteiger partial charge on any atom is -0.382 e. The largest absolute Gasteiger partial charge is 0.382 e. The van der Waals surface area contributed by atoms with E-state index in [1.807, 2.05) is 0 Å². The first kappa shape index (κ1) is 25.9. The fourth-order valence-electron chi connectivity index (χ4n) is 3.35. The van der Waals surface area contributed by atoms with Crippen LogP contribution in [0.25, 0.3) is 0 Å². The Labute approximate surface area is 187 Å². The van der Waals surface area contributed by atoms with Crippen LogP contribution in [0.2, 0.25) is 0 Å². The van der Waals surface area contributed by atoms with E-state index < -0.39 is 42.8 Å². The van der Waals surface area contributed by atoms with E-state index in [9.17, 15) is 19.3 Å². The maximum atomic E-state index is 11.9. The molecule has 0 aromatic rings. The van der Waals surface area contributed by atoms with Crippen molar-refractivity contribution in [1.82, 2.24) is 15.5 Å². The second kappa shape index (κ2) is 12.1. The van der Waals surface area contributed by atoms with E-state index in [0.717, 1.165) is 4.90 Å². The van der Waals surface area contributed by atoms with Crippen molar-refractivity contribution < 1.29 is 37.8 Å². The molecule has 1 saturated heterocycles. The van der Waals surface area contributed by atoms with Crippen LogP contribution >= 0.6 is 6.72 Å². The van der Waals surface area contributed by atoms with Gasteiger partial charge in [0.15, 0.2) is 0 Å². The number of methoxy groups -OCH3 is 1. The Balaban J connectivity index is 1.73. The number of carbonyl (C=O) groups is 3. The van der Waals surface area contributed by atoms with Crippen molar-refractivity contribution in [2.45, 2.75) is 31.1 Å². The first-order valence-corrected chi connectivity index (χ1v) is 12.3. The maximum absolute atomic E-state index is 11.9. The lowest BCUT2D eigenvalue weighted by Gasteiger charge is -2.27. The van der Waals surface area contributed by atoms with Gasteiger partial charge in [-0.2, -0.15) is 0 Å². The summed E-state index contributed by atoms with van der Waals surface area (Å²) in [5.74, 6) is -1.07. The molecule has 2 aliphatic rings. The molecular formula is C17H27BN3O8PS. The molecule has 31 heavy (non-hydrogen) atoms. The normalized spacial score (nSPS) is 27.5. The summed E-state index contributed by atoms with van der Waals surface area (Å²) in [5.41, 5.74) is 0. The molecule has 2 unspecified atom stereocenters. The summed E-state index contributed by atoms with van der Waals surface area (Å²) in [6.07, 6.45) is 2.36. The van der Waals surface area contributed by atoms with Gasteiger partial charge in [-0.3, -0.25) is 14.5 Å². The smallest absolute Gasteiger partial charge is 0.324 e. The number of hydrogen-bond acceptors (Lipinski definition) is 8. The van der Waals surface area contributed by atoms with Crippen LogP contribution in [-0.2, 0) is 39.9 Å². The third kappa shape index (κ3) is 7.64. The number of ether oxygens (including phenoxy) is 2. The number of carbonyl (C=O) groups excluding carboxylic acids is 3. The van der Waals surface area contributed by atoms with Crippen LogP contribution in [0.1, 0.15) is 12.8 Å². The fraction of sp³-hybridized carbons (Fsp3) is 0.706. The van der Waals surface area contributed by atoms with Crippen LogP contribution in [0.3, 0.4) is 0 Å². The lowest BCUT2D eigenvalue weighted by atomic mass is 9.82. The Kier molecular flexibility index (Phi) is 10.1. The zero-order chi connectivity index (χ0) is 23.0. The SMILES string of the molecule is [B][C@@H]1O[C@H](COC)C(OP(O)(=S)OC)[C@@H]1CCCNC(=O)NCCN1C(=O)C=CC1=O. The summed E-state index contributed by atoms with van der Waals surface area (Å²) in [4.78, 5) is 45.9. The highest BCUT2D eigenvalue weighted by molar-refractivity contribution is 8.07. The molecule has 2 radical (unpaired) electrons. The van der Waals surface area contributed by atoms with Gasteiger partial charge in [0.2, 0.25) is 0 Å². The molecule has 0 aliphatic carbocycles. The molecule has 5 atom stereocenters. The zero-order valence-corrected chi connectivity index (χ0v) is 19.1. The lowest BCUT2D eigenvalue weighted by Crippen LogP contribution is -2.42. The standard InChI is InChI=1S/C17H27BN3O8PS/c1-26-10-12-15(29-30(25,31)27-2)11(16(18)28-12)4-3-7-19-17(24)20-8-9-21-13(22)5-6-14(21)23/h5-6,11-12,15-16H,3-4,7-10H2,1-2H3,(H,25,31)(H2,19,20,24)/t11-,12+,15?,16+,30?/m0/s1. The van der Waals surface area contributed by atoms with E-state index in [1.54, 1.807) is 0 Å². The number of imide groups is 1. The average Bonchev–Trinajstić information content (AvgIpc) is 3.18. The molecule has 11 nitrogen and oxygen atoms in total. The Morgan fingerprint density at radius 2 is 1.94 bits per heavy atom. The Morgan fingerprint density at radius 1 is 1.29 bits per heavy atom. The highest BCUT2D eigenvalue weighted by Gasteiger charge is 2.44. The van der Waals surface area contributed by atoms with Crippen molar-refractivity contribution >= 4 is 44.2 Å². The molecular weight excluding hydrogens is 448 g/mol. The van der Waals surface area contributed by atoms with Gasteiger partial charge < -0.3 is 34.0 Å². The molecule has 3 N–H and O–H groups in total. The van der Waals surface area contributed by atoms with Gasteiger partial charge in [0.25, 0.3) is 11.8 Å².